The Morgan fingerprint density at radius 1 is 1.10 bits per heavy atom. The molecular formula is C18H17NO2. The molecule has 106 valence electrons. The van der Waals surface area contributed by atoms with Gasteiger partial charge in [-0.05, 0) is 54.8 Å². The van der Waals surface area contributed by atoms with Crippen LogP contribution in [0.3, 0.4) is 0 Å². The fourth-order valence-corrected chi connectivity index (χ4v) is 1.95. The lowest BCUT2D eigenvalue weighted by Crippen LogP contribution is -2.08. The molecule has 0 saturated heterocycles. The summed E-state index contributed by atoms with van der Waals surface area (Å²) in [4.78, 5) is 12.0. The van der Waals surface area contributed by atoms with E-state index in [4.69, 9.17) is 10.00 Å². The third-order valence-corrected chi connectivity index (χ3v) is 3.20. The van der Waals surface area contributed by atoms with Crippen molar-refractivity contribution < 1.29 is 9.53 Å². The monoisotopic (exact) mass is 279 g/mol. The summed E-state index contributed by atoms with van der Waals surface area (Å²) < 4.78 is 5.31. The second-order valence-corrected chi connectivity index (χ2v) is 4.83. The van der Waals surface area contributed by atoms with Crippen LogP contribution in [0.25, 0.3) is 0 Å². The van der Waals surface area contributed by atoms with Crippen molar-refractivity contribution in [3.8, 4) is 11.8 Å². The van der Waals surface area contributed by atoms with Gasteiger partial charge in [0.1, 0.15) is 5.75 Å². The van der Waals surface area contributed by atoms with Crippen molar-refractivity contribution in [2.75, 3.05) is 0 Å². The van der Waals surface area contributed by atoms with Crippen LogP contribution < -0.4 is 4.74 Å². The van der Waals surface area contributed by atoms with Crippen LogP contribution in [0.4, 0.5) is 0 Å². The molecule has 0 radical (unpaired) electrons. The molecule has 0 heterocycles. The van der Waals surface area contributed by atoms with Gasteiger partial charge in [0.15, 0.2) is 0 Å². The lowest BCUT2D eigenvalue weighted by atomic mass is 10.1. The summed E-state index contributed by atoms with van der Waals surface area (Å²) in [6, 6.07) is 16.0. The fourth-order valence-electron chi connectivity index (χ4n) is 1.95. The van der Waals surface area contributed by atoms with Crippen LogP contribution in [0.1, 0.15) is 41.3 Å². The zero-order valence-corrected chi connectivity index (χ0v) is 12.0. The molecule has 0 fully saturated rings. The maximum absolute atomic E-state index is 12.0. The third-order valence-electron chi connectivity index (χ3n) is 3.20. The topological polar surface area (TPSA) is 50.1 Å². The second-order valence-electron chi connectivity index (χ2n) is 4.83. The second kappa shape index (κ2) is 7.25. The van der Waals surface area contributed by atoms with E-state index in [1.54, 1.807) is 24.3 Å². The number of nitrogens with zero attached hydrogens (tertiary/aromatic N) is 1. The molecule has 0 aliphatic rings. The first kappa shape index (κ1) is 14.8. The summed E-state index contributed by atoms with van der Waals surface area (Å²) in [5.41, 5.74) is 2.20. The van der Waals surface area contributed by atoms with Gasteiger partial charge in [-0.25, -0.2) is 4.79 Å². The van der Waals surface area contributed by atoms with E-state index in [2.05, 4.69) is 6.92 Å². The lowest BCUT2D eigenvalue weighted by Gasteiger charge is -2.06. The molecule has 0 atom stereocenters. The highest BCUT2D eigenvalue weighted by atomic mass is 16.5. The molecule has 0 aliphatic carbocycles. The maximum Gasteiger partial charge on any atom is 0.343 e. The molecular weight excluding hydrogens is 262 g/mol. The van der Waals surface area contributed by atoms with E-state index >= 15 is 0 Å². The van der Waals surface area contributed by atoms with Gasteiger partial charge in [0.05, 0.1) is 17.2 Å². The number of hydrogen-bond donors (Lipinski definition) is 0. The molecule has 0 aromatic heterocycles. The summed E-state index contributed by atoms with van der Waals surface area (Å²) >= 11 is 0. The number of rotatable bonds is 5. The fraction of sp³-hybridized carbons (Fsp3) is 0.222. The summed E-state index contributed by atoms with van der Waals surface area (Å²) in [7, 11) is 0. The zero-order chi connectivity index (χ0) is 15.1. The van der Waals surface area contributed by atoms with Gasteiger partial charge in [0.25, 0.3) is 0 Å². The number of aryl methyl sites for hydroxylation is 1. The van der Waals surface area contributed by atoms with Crippen molar-refractivity contribution >= 4 is 5.97 Å². The highest BCUT2D eigenvalue weighted by molar-refractivity contribution is 5.91. The standard InChI is InChI=1S/C18H17NO2/c1-2-3-4-14-7-11-17(12-8-14)21-18(20)16-9-5-15(13-19)6-10-16/h5-12H,2-4H2,1H3. The Morgan fingerprint density at radius 3 is 2.33 bits per heavy atom. The van der Waals surface area contributed by atoms with Gasteiger partial charge in [-0.2, -0.15) is 5.26 Å². The first-order chi connectivity index (χ1) is 10.2. The normalized spacial score (nSPS) is 9.90. The molecule has 0 spiro atoms. The van der Waals surface area contributed by atoms with Gasteiger partial charge < -0.3 is 4.74 Å². The molecule has 0 N–H and O–H groups in total. The highest BCUT2D eigenvalue weighted by Crippen LogP contribution is 2.16. The molecule has 2 aromatic rings. The Labute approximate surface area is 124 Å². The Bertz CT molecular complexity index is 636. The molecule has 0 bridgehead atoms. The zero-order valence-electron chi connectivity index (χ0n) is 12.0. The van der Waals surface area contributed by atoms with Crippen LogP contribution in [0.5, 0.6) is 5.75 Å². The van der Waals surface area contributed by atoms with Crippen molar-refractivity contribution in [1.29, 1.82) is 5.26 Å². The molecule has 0 aliphatic heterocycles. The van der Waals surface area contributed by atoms with Crippen molar-refractivity contribution in [3.05, 3.63) is 65.2 Å². The molecule has 0 amide bonds. The van der Waals surface area contributed by atoms with Crippen LogP contribution in [-0.4, -0.2) is 5.97 Å². The Kier molecular flexibility index (Phi) is 5.11. The van der Waals surface area contributed by atoms with E-state index in [0.717, 1.165) is 19.3 Å². The van der Waals surface area contributed by atoms with E-state index in [-0.39, 0.29) is 0 Å². The minimum Gasteiger partial charge on any atom is -0.423 e. The summed E-state index contributed by atoms with van der Waals surface area (Å²) in [6.45, 7) is 2.16. The van der Waals surface area contributed by atoms with Crippen LogP contribution in [-0.2, 0) is 6.42 Å². The van der Waals surface area contributed by atoms with Crippen LogP contribution in [0, 0.1) is 11.3 Å². The SMILES string of the molecule is CCCCc1ccc(OC(=O)c2ccc(C#N)cc2)cc1. The molecule has 2 rings (SSSR count). The van der Waals surface area contributed by atoms with Gasteiger partial charge in [0, 0.05) is 0 Å². The van der Waals surface area contributed by atoms with E-state index in [9.17, 15) is 4.79 Å². The maximum atomic E-state index is 12.0. The lowest BCUT2D eigenvalue weighted by molar-refractivity contribution is 0.0734. The van der Waals surface area contributed by atoms with E-state index < -0.39 is 5.97 Å². The predicted octanol–water partition coefficient (Wildman–Crippen LogP) is 4.12. The highest BCUT2D eigenvalue weighted by Gasteiger charge is 2.08. The number of carbonyl (C=O) groups excluding carboxylic acids is 1. The number of unbranched alkanes of at least 4 members (excludes halogenated alkanes) is 1. The third kappa shape index (κ3) is 4.19. The first-order valence-electron chi connectivity index (χ1n) is 7.04. The molecule has 0 saturated carbocycles. The van der Waals surface area contributed by atoms with E-state index in [1.807, 2.05) is 30.3 Å². The smallest absolute Gasteiger partial charge is 0.343 e. The number of ether oxygens (including phenoxy) is 1. The number of hydrogen-bond acceptors (Lipinski definition) is 3. The van der Waals surface area contributed by atoms with Gasteiger partial charge in [-0.3, -0.25) is 0 Å². The Morgan fingerprint density at radius 2 is 1.76 bits per heavy atom. The largest absolute Gasteiger partial charge is 0.423 e. The number of nitriles is 1. The minimum atomic E-state index is -0.416. The molecule has 2 aromatic carbocycles. The summed E-state index contributed by atoms with van der Waals surface area (Å²) in [5.74, 6) is 0.116. The molecule has 3 nitrogen and oxygen atoms in total. The first-order valence-corrected chi connectivity index (χ1v) is 7.04. The minimum absolute atomic E-state index is 0.416. The van der Waals surface area contributed by atoms with Crippen molar-refractivity contribution in [1.82, 2.24) is 0 Å². The average molecular weight is 279 g/mol. The summed E-state index contributed by atoms with van der Waals surface area (Å²) in [5, 5.41) is 8.72. The van der Waals surface area contributed by atoms with Gasteiger partial charge in [-0.1, -0.05) is 25.5 Å². The summed E-state index contributed by atoms with van der Waals surface area (Å²) in [6.07, 6.45) is 3.36. The van der Waals surface area contributed by atoms with Crippen LogP contribution in [0.2, 0.25) is 0 Å². The Hall–Kier alpha value is -2.60. The van der Waals surface area contributed by atoms with Crippen molar-refractivity contribution in [3.63, 3.8) is 0 Å². The van der Waals surface area contributed by atoms with Crippen LogP contribution >= 0.6 is 0 Å². The van der Waals surface area contributed by atoms with Crippen molar-refractivity contribution in [2.24, 2.45) is 0 Å². The number of carbonyl (C=O) groups is 1. The predicted molar refractivity (Wildman–Crippen MR) is 81.2 cm³/mol. The quantitative estimate of drug-likeness (QED) is 0.611. The average Bonchev–Trinajstić information content (AvgIpc) is 2.54. The van der Waals surface area contributed by atoms with E-state index in [0.29, 0.717) is 16.9 Å². The number of esters is 1. The van der Waals surface area contributed by atoms with Gasteiger partial charge in [-0.15, -0.1) is 0 Å². The Balaban J connectivity index is 2.00. The van der Waals surface area contributed by atoms with Gasteiger partial charge in [0.2, 0.25) is 0 Å². The van der Waals surface area contributed by atoms with Gasteiger partial charge >= 0.3 is 5.97 Å². The van der Waals surface area contributed by atoms with E-state index in [1.165, 1.54) is 5.56 Å². The molecule has 21 heavy (non-hydrogen) atoms. The van der Waals surface area contributed by atoms with Crippen molar-refractivity contribution in [2.45, 2.75) is 26.2 Å². The molecule has 0 unspecified atom stereocenters. The number of benzene rings is 2. The molecule has 3 heteroatoms. The van der Waals surface area contributed by atoms with Crippen LogP contribution in [0.15, 0.2) is 48.5 Å².